The second kappa shape index (κ2) is 18.1. The first-order chi connectivity index (χ1) is 29.5. The van der Waals surface area contributed by atoms with Crippen LogP contribution in [-0.2, 0) is 20.1 Å². The van der Waals surface area contributed by atoms with E-state index >= 15 is 0 Å². The summed E-state index contributed by atoms with van der Waals surface area (Å²) >= 11 is 0. The van der Waals surface area contributed by atoms with Crippen LogP contribution in [0, 0.1) is 26.0 Å². The number of fused-ring (bicyclic) bond motifs is 4. The van der Waals surface area contributed by atoms with Gasteiger partial charge in [0.05, 0.1) is 30.5 Å². The maximum atomic E-state index is 8.65. The van der Waals surface area contributed by atoms with Crippen molar-refractivity contribution in [2.45, 2.75) is 92.8 Å². The first-order valence-corrected chi connectivity index (χ1v) is 24.9. The van der Waals surface area contributed by atoms with Crippen molar-refractivity contribution in [1.82, 2.24) is 19.5 Å². The molecular weight excluding hydrogens is 953 g/mol. The molecule has 0 aliphatic rings. The van der Waals surface area contributed by atoms with Gasteiger partial charge in [-0.1, -0.05) is 115 Å². The van der Waals surface area contributed by atoms with E-state index in [0.29, 0.717) is 17.5 Å². The van der Waals surface area contributed by atoms with Crippen molar-refractivity contribution in [3.05, 3.63) is 162 Å². The molecule has 9 aromatic rings. The number of aryl methyl sites for hydroxylation is 2. The van der Waals surface area contributed by atoms with E-state index in [4.69, 9.17) is 15.8 Å². The van der Waals surface area contributed by atoms with Gasteiger partial charge in [-0.05, 0) is 107 Å². The Morgan fingerprint density at radius 3 is 2.06 bits per heavy atom. The molecule has 0 unspecified atom stereocenters. The summed E-state index contributed by atoms with van der Waals surface area (Å²) in [5.74, 6) is 0.964. The van der Waals surface area contributed by atoms with Gasteiger partial charge in [-0.15, -0.1) is 59.7 Å². The summed E-state index contributed by atoms with van der Waals surface area (Å²) in [6, 6.07) is 46.8. The molecule has 5 nitrogen and oxygen atoms in total. The van der Waals surface area contributed by atoms with Gasteiger partial charge in [-0.2, -0.15) is 0 Å². The monoisotopic (exact) mass is 1010 g/mol. The van der Waals surface area contributed by atoms with Crippen LogP contribution in [0.1, 0.15) is 88.6 Å². The molecule has 0 atom stereocenters. The number of nitrogens with zero attached hydrogens (tertiary/aromatic N) is 4. The molecule has 0 bridgehead atoms. The number of hydrogen-bond donors (Lipinski definition) is 0. The van der Waals surface area contributed by atoms with E-state index in [1.165, 1.54) is 38.7 Å². The number of pyridine rings is 2. The smallest absolute Gasteiger partial charge is 0.216 e. The van der Waals surface area contributed by atoms with Gasteiger partial charge in [-0.25, -0.2) is 4.98 Å². The standard InChI is InChI=1S/C32H31N2.C23H25N2OSi.Ir/c1-21(2)27-19-25(26-16-10-9-13-23(26)5)20-28(22(3)4)31(27)34-30-18-12-11-17-29(30)33-32(34)24-14-7-6-8-15-24;1-14(2)18-12-20(24-13-22(18)27(4,5)6)16-8-10-21-19(11-16)17-9-7-15(3)25-23(17)26-21;/h6-14,16-22H,1-5H3;7,9-14H,1-6H3;/q2*-1;/i;14D;. The van der Waals surface area contributed by atoms with E-state index in [0.717, 1.165) is 61.3 Å². The Hall–Kier alpha value is -5.46. The molecular formula is C55H56IrN4OSi-2. The minimum Gasteiger partial charge on any atom is -0.486 e. The van der Waals surface area contributed by atoms with Gasteiger partial charge in [-0.3, -0.25) is 4.98 Å². The molecule has 4 heterocycles. The van der Waals surface area contributed by atoms with Crippen LogP contribution in [0.4, 0.5) is 0 Å². The van der Waals surface area contributed by atoms with E-state index in [9.17, 15) is 0 Å². The zero-order valence-corrected chi connectivity index (χ0v) is 41.1. The molecule has 0 amide bonds. The first kappa shape index (κ1) is 43.2. The van der Waals surface area contributed by atoms with Crippen LogP contribution in [0.2, 0.25) is 19.6 Å². The predicted molar refractivity (Wildman–Crippen MR) is 259 cm³/mol. The predicted octanol–water partition coefficient (Wildman–Crippen LogP) is 14.5. The van der Waals surface area contributed by atoms with E-state index in [2.05, 4.69) is 161 Å². The van der Waals surface area contributed by atoms with Gasteiger partial charge in [0.15, 0.2) is 0 Å². The van der Waals surface area contributed by atoms with Crippen LogP contribution in [0.3, 0.4) is 0 Å². The zero-order valence-electron chi connectivity index (χ0n) is 38.7. The molecule has 0 spiro atoms. The summed E-state index contributed by atoms with van der Waals surface area (Å²) in [6.45, 7) is 24.1. The average molecular weight is 1010 g/mol. The molecule has 0 aliphatic heterocycles. The Balaban J connectivity index is 0.000000189. The maximum absolute atomic E-state index is 8.65. The Morgan fingerprint density at radius 2 is 1.40 bits per heavy atom. The molecule has 1 radical (unpaired) electrons. The number of furan rings is 1. The second-order valence-corrected chi connectivity index (χ2v) is 23.1. The fourth-order valence-electron chi connectivity index (χ4n) is 8.29. The van der Waals surface area contributed by atoms with Crippen molar-refractivity contribution >= 4 is 46.4 Å². The van der Waals surface area contributed by atoms with Crippen molar-refractivity contribution in [1.29, 1.82) is 0 Å². The topological polar surface area (TPSA) is 56.7 Å². The minimum atomic E-state index is -1.60. The molecule has 317 valence electrons. The largest absolute Gasteiger partial charge is 0.486 e. The van der Waals surface area contributed by atoms with Crippen molar-refractivity contribution in [2.24, 2.45) is 0 Å². The van der Waals surface area contributed by atoms with E-state index < -0.39 is 14.0 Å². The second-order valence-electron chi connectivity index (χ2n) is 18.1. The SMILES string of the molecule is Cc1ccccc1-c1cc(C(C)C)c(-n2c(-c3[c-]cccc3)nc3ccccc32)c(C(C)C)c1.[2H]C(C)(C)c1cc(-c2[c-]cc3oc4nc(C)ccc4c3c2)ncc1[Si](C)(C)C.[Ir]. The van der Waals surface area contributed by atoms with E-state index in [-0.39, 0.29) is 20.1 Å². The van der Waals surface area contributed by atoms with Crippen molar-refractivity contribution < 1.29 is 25.9 Å². The van der Waals surface area contributed by atoms with Crippen LogP contribution in [0.5, 0.6) is 0 Å². The Kier molecular flexibility index (Phi) is 12.6. The molecule has 62 heavy (non-hydrogen) atoms. The van der Waals surface area contributed by atoms with Gasteiger partial charge in [0.2, 0.25) is 5.71 Å². The van der Waals surface area contributed by atoms with Crippen molar-refractivity contribution in [3.8, 4) is 39.5 Å². The number of aromatic nitrogens is 4. The van der Waals surface area contributed by atoms with Crippen LogP contribution in [0.25, 0.3) is 72.6 Å². The third kappa shape index (κ3) is 8.77. The van der Waals surface area contributed by atoms with Crippen LogP contribution < -0.4 is 5.19 Å². The number of hydrogen-bond acceptors (Lipinski definition) is 4. The number of rotatable bonds is 8. The van der Waals surface area contributed by atoms with Crippen molar-refractivity contribution in [3.63, 3.8) is 0 Å². The minimum absolute atomic E-state index is 0. The molecule has 0 aliphatic carbocycles. The van der Waals surface area contributed by atoms with Crippen LogP contribution in [-0.4, -0.2) is 27.6 Å². The summed E-state index contributed by atoms with van der Waals surface area (Å²) in [6.07, 6.45) is 1.98. The van der Waals surface area contributed by atoms with Gasteiger partial charge >= 0.3 is 0 Å². The number of benzene rings is 5. The number of para-hydroxylation sites is 2. The van der Waals surface area contributed by atoms with E-state index in [1.54, 1.807) is 0 Å². The Labute approximate surface area is 383 Å². The van der Waals surface area contributed by atoms with Gasteiger partial charge in [0.25, 0.3) is 0 Å². The third-order valence-electron chi connectivity index (χ3n) is 11.5. The summed E-state index contributed by atoms with van der Waals surface area (Å²) in [5, 5.41) is 3.25. The first-order valence-electron chi connectivity index (χ1n) is 21.9. The Bertz CT molecular complexity index is 3050. The molecule has 9 rings (SSSR count). The molecule has 4 aromatic heterocycles. The van der Waals surface area contributed by atoms with E-state index in [1.807, 2.05) is 57.3 Å². The molecule has 0 saturated heterocycles. The summed E-state index contributed by atoms with van der Waals surface area (Å²) in [5.41, 5.74) is 16.1. The molecule has 7 heteroatoms. The Morgan fingerprint density at radius 1 is 0.710 bits per heavy atom. The van der Waals surface area contributed by atoms with Crippen molar-refractivity contribution in [2.75, 3.05) is 0 Å². The summed E-state index contributed by atoms with van der Waals surface area (Å²) < 4.78 is 16.9. The number of imidazole rings is 1. The normalized spacial score (nSPS) is 12.2. The molecule has 0 fully saturated rings. The van der Waals surface area contributed by atoms with Crippen LogP contribution in [0.15, 0.2) is 126 Å². The molecule has 0 N–H and O–H groups in total. The molecule has 0 saturated carbocycles. The maximum Gasteiger partial charge on any atom is 0.216 e. The summed E-state index contributed by atoms with van der Waals surface area (Å²) in [7, 11) is -1.60. The quantitative estimate of drug-likeness (QED) is 0.112. The zero-order chi connectivity index (χ0) is 44.1. The fourth-order valence-corrected chi connectivity index (χ4v) is 9.87. The molecule has 5 aromatic carbocycles. The van der Waals surface area contributed by atoms with Gasteiger partial charge < -0.3 is 14.0 Å². The van der Waals surface area contributed by atoms with Gasteiger partial charge in [0, 0.05) is 44.4 Å². The van der Waals surface area contributed by atoms with Gasteiger partial charge in [0.1, 0.15) is 0 Å². The van der Waals surface area contributed by atoms with Crippen LogP contribution >= 0.6 is 0 Å². The average Bonchev–Trinajstić information content (AvgIpc) is 3.81. The summed E-state index contributed by atoms with van der Waals surface area (Å²) in [4.78, 5) is 14.3. The third-order valence-corrected chi connectivity index (χ3v) is 13.6. The fraction of sp³-hybridized carbons (Fsp3) is 0.255.